The van der Waals surface area contributed by atoms with Crippen molar-refractivity contribution in [3.8, 4) is 0 Å². The molecule has 1 aromatic heterocycles. The highest BCUT2D eigenvalue weighted by molar-refractivity contribution is 9.10. The van der Waals surface area contributed by atoms with Crippen LogP contribution in [0, 0.1) is 0 Å². The lowest BCUT2D eigenvalue weighted by Crippen LogP contribution is -2.34. The largest absolute Gasteiger partial charge is 0.475 e. The van der Waals surface area contributed by atoms with E-state index in [2.05, 4.69) is 15.9 Å². The van der Waals surface area contributed by atoms with E-state index in [9.17, 15) is 4.79 Å². The summed E-state index contributed by atoms with van der Waals surface area (Å²) in [6, 6.07) is 1.46. The van der Waals surface area contributed by atoms with Gasteiger partial charge in [-0.1, -0.05) is 0 Å². The number of carboxylic acid groups (broad SMARTS) is 1. The van der Waals surface area contributed by atoms with Gasteiger partial charge in [-0.2, -0.15) is 0 Å². The number of anilines is 1. The van der Waals surface area contributed by atoms with E-state index in [0.717, 1.165) is 6.42 Å². The fourth-order valence-electron chi connectivity index (χ4n) is 2.34. The fraction of sp³-hybridized carbons (Fsp3) is 0.545. The monoisotopic (exact) mass is 317 g/mol. The Morgan fingerprint density at radius 3 is 2.78 bits per heavy atom. The lowest BCUT2D eigenvalue weighted by Gasteiger charge is -2.22. The number of aromatic carboxylic acids is 1. The van der Waals surface area contributed by atoms with E-state index in [-0.39, 0.29) is 5.76 Å². The molecule has 0 unspecified atom stereocenters. The van der Waals surface area contributed by atoms with Crippen LogP contribution in [0.4, 0.5) is 5.88 Å². The van der Waals surface area contributed by atoms with Gasteiger partial charge in [-0.15, -0.1) is 0 Å². The van der Waals surface area contributed by atoms with Crippen LogP contribution in [-0.4, -0.2) is 43.2 Å². The van der Waals surface area contributed by atoms with Gasteiger partial charge in [0.25, 0.3) is 0 Å². The van der Waals surface area contributed by atoms with Gasteiger partial charge >= 0.3 is 5.97 Å². The predicted octanol–water partition coefficient (Wildman–Crippen LogP) is 1.69. The molecule has 3 rings (SSSR count). The first-order valence-corrected chi connectivity index (χ1v) is 6.44. The number of halogens is 1. The summed E-state index contributed by atoms with van der Waals surface area (Å²) in [5.41, 5.74) is 0. The second-order valence-corrected chi connectivity index (χ2v) is 5.20. The van der Waals surface area contributed by atoms with Crippen molar-refractivity contribution in [3.05, 3.63) is 16.3 Å². The molecule has 0 bridgehead atoms. The highest BCUT2D eigenvalue weighted by Gasteiger charge is 2.44. The Morgan fingerprint density at radius 1 is 1.44 bits per heavy atom. The van der Waals surface area contributed by atoms with E-state index in [1.54, 1.807) is 0 Å². The van der Waals surface area contributed by atoms with Gasteiger partial charge in [-0.25, -0.2) is 4.79 Å². The number of hydrogen-bond acceptors (Lipinski definition) is 5. The molecule has 1 spiro atoms. The lowest BCUT2D eigenvalue weighted by molar-refractivity contribution is -0.138. The molecule has 98 valence electrons. The van der Waals surface area contributed by atoms with Crippen LogP contribution in [0.5, 0.6) is 0 Å². The van der Waals surface area contributed by atoms with Gasteiger partial charge in [0.2, 0.25) is 11.6 Å². The minimum absolute atomic E-state index is 0.0777. The van der Waals surface area contributed by atoms with E-state index in [1.165, 1.54) is 6.07 Å². The summed E-state index contributed by atoms with van der Waals surface area (Å²) in [5, 5.41) is 8.89. The Balaban J connectivity index is 1.82. The van der Waals surface area contributed by atoms with E-state index in [4.69, 9.17) is 19.0 Å². The molecule has 2 saturated heterocycles. The summed E-state index contributed by atoms with van der Waals surface area (Å²) in [5.74, 6) is -1.19. The SMILES string of the molecule is O=C(O)c1cc(Br)c(N2CCC3(C2)OCCO3)o1. The maximum atomic E-state index is 10.8. The van der Waals surface area contributed by atoms with E-state index >= 15 is 0 Å². The molecule has 7 heteroatoms. The zero-order chi connectivity index (χ0) is 12.8. The van der Waals surface area contributed by atoms with Crippen molar-refractivity contribution in [1.82, 2.24) is 0 Å². The first-order chi connectivity index (χ1) is 8.60. The minimum Gasteiger partial charge on any atom is -0.475 e. The van der Waals surface area contributed by atoms with Crippen LogP contribution in [0.1, 0.15) is 17.0 Å². The van der Waals surface area contributed by atoms with Gasteiger partial charge in [-0.05, 0) is 15.9 Å². The Morgan fingerprint density at radius 2 is 2.17 bits per heavy atom. The summed E-state index contributed by atoms with van der Waals surface area (Å²) in [6.07, 6.45) is 0.753. The number of ether oxygens (including phenoxy) is 2. The smallest absolute Gasteiger partial charge is 0.371 e. The molecule has 0 atom stereocenters. The van der Waals surface area contributed by atoms with Gasteiger partial charge in [0, 0.05) is 19.0 Å². The molecule has 6 nitrogen and oxygen atoms in total. The second-order valence-electron chi connectivity index (χ2n) is 4.35. The van der Waals surface area contributed by atoms with Gasteiger partial charge in [0.15, 0.2) is 5.79 Å². The van der Waals surface area contributed by atoms with Gasteiger partial charge in [0.05, 0.1) is 24.2 Å². The Hall–Kier alpha value is -1.05. The Labute approximate surface area is 112 Å². The van der Waals surface area contributed by atoms with Crippen LogP contribution in [0.2, 0.25) is 0 Å². The Kier molecular flexibility index (Phi) is 2.84. The van der Waals surface area contributed by atoms with Crippen LogP contribution in [-0.2, 0) is 9.47 Å². The molecule has 0 amide bonds. The molecule has 1 N–H and O–H groups in total. The van der Waals surface area contributed by atoms with E-state index < -0.39 is 11.8 Å². The average Bonchev–Trinajstić information content (AvgIpc) is 3.01. The molecule has 3 heterocycles. The maximum Gasteiger partial charge on any atom is 0.371 e. The number of hydrogen-bond donors (Lipinski definition) is 1. The average molecular weight is 318 g/mol. The lowest BCUT2D eigenvalue weighted by atomic mass is 10.2. The maximum absolute atomic E-state index is 10.8. The highest BCUT2D eigenvalue weighted by Crippen LogP contribution is 2.37. The summed E-state index contributed by atoms with van der Waals surface area (Å²) in [4.78, 5) is 12.8. The first-order valence-electron chi connectivity index (χ1n) is 5.65. The summed E-state index contributed by atoms with van der Waals surface area (Å²) < 4.78 is 17.2. The Bertz CT molecular complexity index is 480. The molecular weight excluding hydrogens is 306 g/mol. The predicted molar refractivity (Wildman–Crippen MR) is 64.8 cm³/mol. The number of carboxylic acids is 1. The number of nitrogens with zero attached hydrogens (tertiary/aromatic N) is 1. The summed E-state index contributed by atoms with van der Waals surface area (Å²) in [7, 11) is 0. The van der Waals surface area contributed by atoms with E-state index in [1.807, 2.05) is 4.90 Å². The molecule has 0 radical (unpaired) electrons. The third-order valence-electron chi connectivity index (χ3n) is 3.17. The topological polar surface area (TPSA) is 72.1 Å². The van der Waals surface area contributed by atoms with Crippen LogP contribution < -0.4 is 4.90 Å². The van der Waals surface area contributed by atoms with Crippen LogP contribution in [0.3, 0.4) is 0 Å². The highest BCUT2D eigenvalue weighted by atomic mass is 79.9. The number of rotatable bonds is 2. The van der Waals surface area contributed by atoms with Crippen molar-refractivity contribution in [2.24, 2.45) is 0 Å². The molecule has 1 aromatic rings. The molecule has 18 heavy (non-hydrogen) atoms. The van der Waals surface area contributed by atoms with Crippen molar-refractivity contribution in [2.75, 3.05) is 31.2 Å². The van der Waals surface area contributed by atoms with Gasteiger partial charge in [-0.3, -0.25) is 0 Å². The molecule has 0 aliphatic carbocycles. The first kappa shape index (κ1) is 12.0. The molecule has 2 aliphatic heterocycles. The molecule has 2 fully saturated rings. The summed E-state index contributed by atoms with van der Waals surface area (Å²) >= 11 is 3.31. The summed E-state index contributed by atoms with van der Waals surface area (Å²) in [6.45, 7) is 2.48. The van der Waals surface area contributed by atoms with E-state index in [0.29, 0.717) is 36.7 Å². The normalized spacial score (nSPS) is 21.9. The molecule has 0 aromatic carbocycles. The zero-order valence-corrected chi connectivity index (χ0v) is 11.1. The minimum atomic E-state index is -1.08. The van der Waals surface area contributed by atoms with Crippen LogP contribution in [0.25, 0.3) is 0 Å². The molecule has 0 saturated carbocycles. The van der Waals surface area contributed by atoms with Crippen molar-refractivity contribution in [2.45, 2.75) is 12.2 Å². The fourth-order valence-corrected chi connectivity index (χ4v) is 2.88. The molecule has 2 aliphatic rings. The van der Waals surface area contributed by atoms with Crippen LogP contribution >= 0.6 is 15.9 Å². The third-order valence-corrected chi connectivity index (χ3v) is 3.74. The standard InChI is InChI=1S/C11H12BrNO5/c12-7-5-8(10(14)15)18-9(7)13-2-1-11(6-13)16-3-4-17-11/h5H,1-4,6H2,(H,14,15). The second kappa shape index (κ2) is 4.25. The van der Waals surface area contributed by atoms with Crippen molar-refractivity contribution in [3.63, 3.8) is 0 Å². The number of furan rings is 1. The third kappa shape index (κ3) is 1.92. The van der Waals surface area contributed by atoms with Gasteiger partial charge < -0.3 is 23.9 Å². The quantitative estimate of drug-likeness (QED) is 0.895. The van der Waals surface area contributed by atoms with Crippen LogP contribution in [0.15, 0.2) is 15.0 Å². The molecular formula is C11H12BrNO5. The van der Waals surface area contributed by atoms with Gasteiger partial charge in [0.1, 0.15) is 0 Å². The zero-order valence-electron chi connectivity index (χ0n) is 9.52. The van der Waals surface area contributed by atoms with Crippen molar-refractivity contribution >= 4 is 27.8 Å². The van der Waals surface area contributed by atoms with Crippen molar-refractivity contribution in [1.29, 1.82) is 0 Å². The number of carbonyl (C=O) groups is 1. The van der Waals surface area contributed by atoms with Crippen molar-refractivity contribution < 1.29 is 23.8 Å².